The van der Waals surface area contributed by atoms with Crippen LogP contribution in [0.2, 0.25) is 0 Å². The molecule has 0 unspecified atom stereocenters. The van der Waals surface area contributed by atoms with Crippen LogP contribution < -0.4 is 5.32 Å². The molecule has 0 atom stereocenters. The van der Waals surface area contributed by atoms with Gasteiger partial charge in [0.1, 0.15) is 5.82 Å². The van der Waals surface area contributed by atoms with Gasteiger partial charge in [-0.25, -0.2) is 4.39 Å². The van der Waals surface area contributed by atoms with Gasteiger partial charge in [0.15, 0.2) is 0 Å². The van der Waals surface area contributed by atoms with E-state index in [1.165, 1.54) is 12.1 Å². The van der Waals surface area contributed by atoms with Crippen molar-refractivity contribution in [2.45, 2.75) is 13.1 Å². The molecule has 0 heterocycles. The average molecular weight is 319 g/mol. The Bertz CT molecular complexity index is 620. The summed E-state index contributed by atoms with van der Waals surface area (Å²) in [5.41, 5.74) is 2.46. The number of hydrogen-bond acceptors (Lipinski definition) is 2. The molecular formula is C15H12BrFN2. The fourth-order valence-electron chi connectivity index (χ4n) is 1.79. The third-order valence-corrected chi connectivity index (χ3v) is 3.55. The highest BCUT2D eigenvalue weighted by Gasteiger charge is 2.03. The van der Waals surface area contributed by atoms with E-state index in [1.807, 2.05) is 18.2 Å². The molecule has 0 aromatic heterocycles. The van der Waals surface area contributed by atoms with Crippen LogP contribution in [0.3, 0.4) is 0 Å². The van der Waals surface area contributed by atoms with Gasteiger partial charge in [-0.1, -0.05) is 34.1 Å². The SMILES string of the molecule is N#Cc1ccccc1CNCc1cc(F)ccc1Br. The molecule has 2 rings (SSSR count). The van der Waals surface area contributed by atoms with Crippen molar-refractivity contribution in [1.29, 1.82) is 5.26 Å². The third kappa shape index (κ3) is 3.63. The zero-order chi connectivity index (χ0) is 13.7. The zero-order valence-corrected chi connectivity index (χ0v) is 11.7. The van der Waals surface area contributed by atoms with Crippen molar-refractivity contribution in [1.82, 2.24) is 5.32 Å². The Balaban J connectivity index is 2.01. The van der Waals surface area contributed by atoms with E-state index >= 15 is 0 Å². The Kier molecular flexibility index (Phi) is 4.67. The average Bonchev–Trinajstić information content (AvgIpc) is 2.43. The minimum Gasteiger partial charge on any atom is -0.309 e. The summed E-state index contributed by atoms with van der Waals surface area (Å²) in [5.74, 6) is -0.252. The molecule has 0 aliphatic carbocycles. The van der Waals surface area contributed by atoms with E-state index in [-0.39, 0.29) is 5.82 Å². The summed E-state index contributed by atoms with van der Waals surface area (Å²) in [7, 11) is 0. The molecule has 0 spiro atoms. The highest BCUT2D eigenvalue weighted by Crippen LogP contribution is 2.17. The summed E-state index contributed by atoms with van der Waals surface area (Å²) in [6, 6.07) is 14.2. The lowest BCUT2D eigenvalue weighted by Gasteiger charge is -2.08. The van der Waals surface area contributed by atoms with E-state index in [2.05, 4.69) is 27.3 Å². The molecule has 0 saturated heterocycles. The van der Waals surface area contributed by atoms with Crippen molar-refractivity contribution in [2.75, 3.05) is 0 Å². The monoisotopic (exact) mass is 318 g/mol. The van der Waals surface area contributed by atoms with Crippen LogP contribution in [0.5, 0.6) is 0 Å². The molecule has 2 nitrogen and oxygen atoms in total. The zero-order valence-electron chi connectivity index (χ0n) is 10.2. The number of nitrogens with one attached hydrogen (secondary N) is 1. The van der Waals surface area contributed by atoms with E-state index in [0.29, 0.717) is 18.7 Å². The van der Waals surface area contributed by atoms with Crippen LogP contribution in [0.1, 0.15) is 16.7 Å². The second-order valence-corrected chi connectivity index (χ2v) is 4.96. The largest absolute Gasteiger partial charge is 0.309 e. The van der Waals surface area contributed by atoms with Crippen LogP contribution >= 0.6 is 15.9 Å². The van der Waals surface area contributed by atoms with Crippen molar-refractivity contribution in [3.63, 3.8) is 0 Å². The highest BCUT2D eigenvalue weighted by atomic mass is 79.9. The summed E-state index contributed by atoms with van der Waals surface area (Å²) in [4.78, 5) is 0. The van der Waals surface area contributed by atoms with E-state index in [9.17, 15) is 4.39 Å². The van der Waals surface area contributed by atoms with Gasteiger partial charge in [-0.15, -0.1) is 0 Å². The third-order valence-electron chi connectivity index (χ3n) is 2.78. The van der Waals surface area contributed by atoms with Crippen molar-refractivity contribution in [2.24, 2.45) is 0 Å². The maximum atomic E-state index is 13.1. The van der Waals surface area contributed by atoms with Gasteiger partial charge in [0.2, 0.25) is 0 Å². The predicted octanol–water partition coefficient (Wildman–Crippen LogP) is 3.75. The fraction of sp³-hybridized carbons (Fsp3) is 0.133. The Hall–Kier alpha value is -1.70. The van der Waals surface area contributed by atoms with E-state index in [4.69, 9.17) is 5.26 Å². The lowest BCUT2D eigenvalue weighted by atomic mass is 10.1. The van der Waals surface area contributed by atoms with Gasteiger partial charge < -0.3 is 5.32 Å². The molecule has 0 aliphatic rings. The lowest BCUT2D eigenvalue weighted by Crippen LogP contribution is -2.14. The second-order valence-electron chi connectivity index (χ2n) is 4.11. The molecule has 0 radical (unpaired) electrons. The normalized spacial score (nSPS) is 10.2. The van der Waals surface area contributed by atoms with Gasteiger partial charge >= 0.3 is 0 Å². The predicted molar refractivity (Wildman–Crippen MR) is 75.8 cm³/mol. The van der Waals surface area contributed by atoms with E-state index < -0.39 is 0 Å². The molecule has 0 bridgehead atoms. The molecule has 19 heavy (non-hydrogen) atoms. The van der Waals surface area contributed by atoms with Crippen LogP contribution in [0.4, 0.5) is 4.39 Å². The summed E-state index contributed by atoms with van der Waals surface area (Å²) in [5, 5.41) is 12.2. The maximum Gasteiger partial charge on any atom is 0.123 e. The molecule has 0 fully saturated rings. The van der Waals surface area contributed by atoms with Crippen LogP contribution in [0.15, 0.2) is 46.9 Å². The van der Waals surface area contributed by atoms with E-state index in [0.717, 1.165) is 15.6 Å². The molecular weight excluding hydrogens is 307 g/mol. The first-order chi connectivity index (χ1) is 9.20. The molecule has 2 aromatic carbocycles. The Labute approximate surface area is 120 Å². The van der Waals surface area contributed by atoms with Crippen molar-refractivity contribution >= 4 is 15.9 Å². The number of nitriles is 1. The van der Waals surface area contributed by atoms with Crippen LogP contribution in [0, 0.1) is 17.1 Å². The molecule has 1 N–H and O–H groups in total. The minimum absolute atomic E-state index is 0.252. The van der Waals surface area contributed by atoms with Gasteiger partial charge in [0.25, 0.3) is 0 Å². The molecule has 0 aliphatic heterocycles. The van der Waals surface area contributed by atoms with Gasteiger partial charge in [0, 0.05) is 17.6 Å². The van der Waals surface area contributed by atoms with Gasteiger partial charge in [-0.2, -0.15) is 5.26 Å². The Morgan fingerprint density at radius 3 is 2.63 bits per heavy atom. The Morgan fingerprint density at radius 2 is 1.84 bits per heavy atom. The molecule has 2 aromatic rings. The topological polar surface area (TPSA) is 35.8 Å². The first kappa shape index (κ1) is 13.7. The van der Waals surface area contributed by atoms with Crippen molar-refractivity contribution in [3.8, 4) is 6.07 Å². The Morgan fingerprint density at radius 1 is 1.11 bits per heavy atom. The molecule has 4 heteroatoms. The van der Waals surface area contributed by atoms with Gasteiger partial charge in [0.05, 0.1) is 11.6 Å². The number of hydrogen-bond donors (Lipinski definition) is 1. The first-order valence-corrected chi connectivity index (χ1v) is 6.62. The molecule has 0 saturated carbocycles. The summed E-state index contributed by atoms with van der Waals surface area (Å²) in [6.07, 6.45) is 0. The standard InChI is InChI=1S/C15H12BrFN2/c16-15-6-5-14(17)7-13(15)10-19-9-12-4-2-1-3-11(12)8-18/h1-7,19H,9-10H2. The minimum atomic E-state index is -0.252. The second kappa shape index (κ2) is 6.46. The molecule has 96 valence electrons. The first-order valence-electron chi connectivity index (χ1n) is 5.83. The van der Waals surface area contributed by atoms with Crippen LogP contribution in [0.25, 0.3) is 0 Å². The quantitative estimate of drug-likeness (QED) is 0.932. The summed E-state index contributed by atoms with van der Waals surface area (Å²) < 4.78 is 14.0. The van der Waals surface area contributed by atoms with Crippen LogP contribution in [-0.4, -0.2) is 0 Å². The maximum absolute atomic E-state index is 13.1. The van der Waals surface area contributed by atoms with Crippen molar-refractivity contribution < 1.29 is 4.39 Å². The summed E-state index contributed by atoms with van der Waals surface area (Å²) >= 11 is 3.39. The highest BCUT2D eigenvalue weighted by molar-refractivity contribution is 9.10. The lowest BCUT2D eigenvalue weighted by molar-refractivity contribution is 0.619. The van der Waals surface area contributed by atoms with E-state index in [1.54, 1.807) is 12.1 Å². The number of nitrogens with zero attached hydrogens (tertiary/aromatic N) is 1. The van der Waals surface area contributed by atoms with Crippen molar-refractivity contribution in [3.05, 3.63) is 69.4 Å². The number of benzene rings is 2. The van der Waals surface area contributed by atoms with Gasteiger partial charge in [-0.3, -0.25) is 0 Å². The van der Waals surface area contributed by atoms with Crippen LogP contribution in [-0.2, 0) is 13.1 Å². The molecule has 0 amide bonds. The smallest absolute Gasteiger partial charge is 0.123 e. The number of halogens is 2. The van der Waals surface area contributed by atoms with Gasteiger partial charge in [-0.05, 0) is 35.4 Å². The summed E-state index contributed by atoms with van der Waals surface area (Å²) in [6.45, 7) is 1.12. The fourth-order valence-corrected chi connectivity index (χ4v) is 2.18. The number of rotatable bonds is 4.